The summed E-state index contributed by atoms with van der Waals surface area (Å²) < 4.78 is 10.4. The first-order valence-corrected chi connectivity index (χ1v) is 11.2. The van der Waals surface area contributed by atoms with Gasteiger partial charge in [0.15, 0.2) is 0 Å². The quantitative estimate of drug-likeness (QED) is 0.596. The van der Waals surface area contributed by atoms with E-state index in [1.807, 2.05) is 45.0 Å². The van der Waals surface area contributed by atoms with Crippen LogP contribution in [0.15, 0.2) is 48.5 Å². The monoisotopic (exact) mass is 469 g/mol. The fourth-order valence-electron chi connectivity index (χ4n) is 3.45. The number of ether oxygens (including phenoxy) is 2. The van der Waals surface area contributed by atoms with Crippen LogP contribution in [0.2, 0.25) is 0 Å². The molecule has 0 radical (unpaired) electrons. The van der Waals surface area contributed by atoms with E-state index in [2.05, 4.69) is 10.6 Å². The minimum Gasteiger partial charge on any atom is -0.497 e. The van der Waals surface area contributed by atoms with Crippen LogP contribution in [0, 0.1) is 6.92 Å². The molecule has 0 spiro atoms. The lowest BCUT2D eigenvalue weighted by Gasteiger charge is -2.35. The summed E-state index contributed by atoms with van der Waals surface area (Å²) in [5, 5.41) is 5.39. The molecular formula is C26H35N3O5. The fourth-order valence-corrected chi connectivity index (χ4v) is 3.45. The Labute approximate surface area is 201 Å². The molecule has 0 fully saturated rings. The number of benzene rings is 2. The summed E-state index contributed by atoms with van der Waals surface area (Å²) in [4.78, 5) is 40.3. The molecule has 0 saturated carbocycles. The van der Waals surface area contributed by atoms with Crippen LogP contribution in [0.5, 0.6) is 5.75 Å². The number of rotatable bonds is 8. The van der Waals surface area contributed by atoms with Crippen molar-refractivity contribution in [3.8, 4) is 5.75 Å². The van der Waals surface area contributed by atoms with Crippen molar-refractivity contribution in [1.29, 1.82) is 0 Å². The second kappa shape index (κ2) is 11.5. The van der Waals surface area contributed by atoms with Crippen molar-refractivity contribution in [3.05, 3.63) is 59.7 Å². The van der Waals surface area contributed by atoms with Crippen LogP contribution in [0.25, 0.3) is 0 Å². The van der Waals surface area contributed by atoms with Crippen LogP contribution in [0.1, 0.15) is 51.8 Å². The molecule has 0 aliphatic rings. The normalized spacial score (nSPS) is 12.0. The summed E-state index contributed by atoms with van der Waals surface area (Å²) in [6.07, 6.45) is -0.695. The van der Waals surface area contributed by atoms with Crippen LogP contribution in [-0.2, 0) is 14.3 Å². The van der Waals surface area contributed by atoms with Crippen molar-refractivity contribution in [2.75, 3.05) is 19.0 Å². The van der Waals surface area contributed by atoms with E-state index in [0.29, 0.717) is 17.0 Å². The van der Waals surface area contributed by atoms with Crippen molar-refractivity contribution >= 4 is 23.6 Å². The molecule has 8 heteroatoms. The van der Waals surface area contributed by atoms with E-state index in [-0.39, 0.29) is 18.5 Å². The summed E-state index contributed by atoms with van der Waals surface area (Å²) >= 11 is 0. The summed E-state index contributed by atoms with van der Waals surface area (Å²) in [5.74, 6) is -0.104. The van der Waals surface area contributed by atoms with Crippen molar-refractivity contribution < 1.29 is 23.9 Å². The van der Waals surface area contributed by atoms with Crippen LogP contribution < -0.4 is 15.4 Å². The number of aryl methyl sites for hydroxylation is 1. The molecule has 0 heterocycles. The van der Waals surface area contributed by atoms with E-state index >= 15 is 0 Å². The van der Waals surface area contributed by atoms with E-state index in [1.54, 1.807) is 52.1 Å². The molecule has 0 saturated heterocycles. The van der Waals surface area contributed by atoms with Crippen LogP contribution >= 0.6 is 0 Å². The Morgan fingerprint density at radius 2 is 1.68 bits per heavy atom. The Morgan fingerprint density at radius 3 is 2.21 bits per heavy atom. The number of methoxy groups -OCH3 is 1. The Bertz CT molecular complexity index is 996. The third-order valence-corrected chi connectivity index (χ3v) is 4.87. The Balaban J connectivity index is 2.32. The van der Waals surface area contributed by atoms with Crippen molar-refractivity contribution in [1.82, 2.24) is 10.2 Å². The average molecular weight is 470 g/mol. The Kier molecular flexibility index (Phi) is 9.06. The van der Waals surface area contributed by atoms with Crippen molar-refractivity contribution in [3.63, 3.8) is 0 Å². The molecule has 0 bridgehead atoms. The Morgan fingerprint density at radius 1 is 1.03 bits per heavy atom. The molecule has 1 unspecified atom stereocenters. The molecule has 2 aromatic carbocycles. The first-order chi connectivity index (χ1) is 15.9. The number of nitrogens with one attached hydrogen (secondary N) is 2. The maximum atomic E-state index is 13.5. The first kappa shape index (κ1) is 26.7. The number of amides is 3. The molecule has 0 aromatic heterocycles. The molecule has 0 aliphatic heterocycles. The molecule has 184 valence electrons. The number of hydrogen-bond donors (Lipinski definition) is 2. The largest absolute Gasteiger partial charge is 0.497 e. The SMILES string of the molecule is COc1ccc(NC(=O)C(c2cccc(C)c2)N(C(=O)CNC(=O)OC(C)(C)C)C(C)C)cc1. The highest BCUT2D eigenvalue weighted by Gasteiger charge is 2.33. The van der Waals surface area contributed by atoms with Gasteiger partial charge in [0.05, 0.1) is 7.11 Å². The van der Waals surface area contributed by atoms with E-state index in [0.717, 1.165) is 5.56 Å². The highest BCUT2D eigenvalue weighted by atomic mass is 16.6. The first-order valence-electron chi connectivity index (χ1n) is 11.2. The second-order valence-electron chi connectivity index (χ2n) is 9.28. The highest BCUT2D eigenvalue weighted by molar-refractivity contribution is 5.98. The Hall–Kier alpha value is -3.55. The number of nitrogens with zero attached hydrogens (tertiary/aromatic N) is 1. The number of carbonyl (C=O) groups excluding carboxylic acids is 3. The topological polar surface area (TPSA) is 97.0 Å². The zero-order chi connectivity index (χ0) is 25.5. The van der Waals surface area contributed by atoms with E-state index in [9.17, 15) is 14.4 Å². The van der Waals surface area contributed by atoms with E-state index in [4.69, 9.17) is 9.47 Å². The number of carbonyl (C=O) groups is 3. The van der Waals surface area contributed by atoms with Gasteiger partial charge in [-0.1, -0.05) is 29.8 Å². The second-order valence-corrected chi connectivity index (χ2v) is 9.28. The average Bonchev–Trinajstić information content (AvgIpc) is 2.74. The third kappa shape index (κ3) is 7.79. The third-order valence-electron chi connectivity index (χ3n) is 4.87. The number of anilines is 1. The lowest BCUT2D eigenvalue weighted by Crippen LogP contribution is -2.49. The van der Waals surface area contributed by atoms with Crippen LogP contribution in [0.3, 0.4) is 0 Å². The summed E-state index contributed by atoms with van der Waals surface area (Å²) in [5.41, 5.74) is 1.52. The zero-order valence-corrected chi connectivity index (χ0v) is 21.0. The zero-order valence-electron chi connectivity index (χ0n) is 21.0. The van der Waals surface area contributed by atoms with Gasteiger partial charge in [-0.3, -0.25) is 9.59 Å². The molecular weight excluding hydrogens is 434 g/mol. The minimum atomic E-state index is -0.907. The molecule has 1 atom stereocenters. The maximum Gasteiger partial charge on any atom is 0.408 e. The van der Waals surface area contributed by atoms with Crippen LogP contribution in [-0.4, -0.2) is 48.1 Å². The highest BCUT2D eigenvalue weighted by Crippen LogP contribution is 2.27. The van der Waals surface area contributed by atoms with Crippen molar-refractivity contribution in [2.24, 2.45) is 0 Å². The lowest BCUT2D eigenvalue weighted by atomic mass is 10.00. The maximum absolute atomic E-state index is 13.5. The standard InChI is InChI=1S/C26H35N3O5/c1-17(2)29(22(30)16-27-25(32)34-26(4,5)6)23(19-10-8-9-18(3)15-19)24(31)28-20-11-13-21(33-7)14-12-20/h8-15,17,23H,16H2,1-7H3,(H,27,32)(H,28,31). The van der Waals surface area contributed by atoms with Gasteiger partial charge in [0.2, 0.25) is 5.91 Å². The van der Waals surface area contributed by atoms with Gasteiger partial charge in [0, 0.05) is 11.7 Å². The molecule has 2 rings (SSSR count). The van der Waals surface area contributed by atoms with Crippen molar-refractivity contribution in [2.45, 2.75) is 59.2 Å². The smallest absolute Gasteiger partial charge is 0.408 e. The number of hydrogen-bond acceptors (Lipinski definition) is 5. The van der Waals surface area contributed by atoms with Gasteiger partial charge in [-0.05, 0) is 71.4 Å². The minimum absolute atomic E-state index is 0.300. The lowest BCUT2D eigenvalue weighted by molar-refractivity contribution is -0.140. The van der Waals surface area contributed by atoms with Gasteiger partial charge >= 0.3 is 6.09 Å². The molecule has 2 N–H and O–H groups in total. The molecule has 2 aromatic rings. The molecule has 3 amide bonds. The molecule has 0 aliphatic carbocycles. The van der Waals surface area contributed by atoms with Crippen LogP contribution in [0.4, 0.5) is 10.5 Å². The molecule has 8 nitrogen and oxygen atoms in total. The van der Waals surface area contributed by atoms with Gasteiger partial charge in [-0.25, -0.2) is 4.79 Å². The van der Waals surface area contributed by atoms with Gasteiger partial charge < -0.3 is 25.0 Å². The number of alkyl carbamates (subject to hydrolysis) is 1. The van der Waals surface area contributed by atoms with Gasteiger partial charge in [0.1, 0.15) is 23.9 Å². The van der Waals surface area contributed by atoms with E-state index < -0.39 is 23.6 Å². The van der Waals surface area contributed by atoms with Gasteiger partial charge in [-0.2, -0.15) is 0 Å². The summed E-state index contributed by atoms with van der Waals surface area (Å²) in [7, 11) is 1.57. The predicted octanol–water partition coefficient (Wildman–Crippen LogP) is 4.45. The summed E-state index contributed by atoms with van der Waals surface area (Å²) in [6.45, 7) is 10.5. The van der Waals surface area contributed by atoms with Gasteiger partial charge in [-0.15, -0.1) is 0 Å². The fraction of sp³-hybridized carbons (Fsp3) is 0.423. The molecule has 34 heavy (non-hydrogen) atoms. The van der Waals surface area contributed by atoms with E-state index in [1.165, 1.54) is 4.90 Å². The predicted molar refractivity (Wildman–Crippen MR) is 132 cm³/mol. The summed E-state index contributed by atoms with van der Waals surface area (Å²) in [6, 6.07) is 13.2. The van der Waals surface area contributed by atoms with Gasteiger partial charge in [0.25, 0.3) is 5.91 Å².